The number of rotatable bonds is 2. The van der Waals surface area contributed by atoms with E-state index < -0.39 is 11.7 Å². The van der Waals surface area contributed by atoms with Gasteiger partial charge in [0.25, 0.3) is 0 Å². The summed E-state index contributed by atoms with van der Waals surface area (Å²) in [5.41, 5.74) is -0.0624. The Balaban J connectivity index is 2.04. The Kier molecular flexibility index (Phi) is 4.11. The van der Waals surface area contributed by atoms with Gasteiger partial charge in [-0.25, -0.2) is 0 Å². The van der Waals surface area contributed by atoms with Crippen molar-refractivity contribution in [3.05, 3.63) is 29.8 Å². The molecule has 1 saturated heterocycles. The van der Waals surface area contributed by atoms with E-state index in [1.54, 1.807) is 6.07 Å². The first kappa shape index (κ1) is 13.2. The van der Waals surface area contributed by atoms with Crippen molar-refractivity contribution < 1.29 is 13.2 Å². The summed E-state index contributed by atoms with van der Waals surface area (Å²) in [4.78, 5) is 0. The SMILES string of the molecule is FC(F)(F)c1cccc(NC2CCCCNC2)c1. The number of hydrogen-bond acceptors (Lipinski definition) is 2. The summed E-state index contributed by atoms with van der Waals surface area (Å²) in [6.45, 7) is 1.79. The summed E-state index contributed by atoms with van der Waals surface area (Å²) in [6, 6.07) is 5.59. The van der Waals surface area contributed by atoms with Crippen LogP contribution in [0.4, 0.5) is 18.9 Å². The van der Waals surface area contributed by atoms with Crippen LogP contribution in [0.25, 0.3) is 0 Å². The van der Waals surface area contributed by atoms with Crippen LogP contribution in [-0.2, 0) is 6.18 Å². The maximum atomic E-state index is 12.6. The fourth-order valence-corrected chi connectivity index (χ4v) is 2.16. The smallest absolute Gasteiger partial charge is 0.381 e. The minimum atomic E-state index is -4.28. The van der Waals surface area contributed by atoms with Crippen LogP contribution in [0.2, 0.25) is 0 Å². The molecule has 1 aliphatic rings. The Labute approximate surface area is 105 Å². The van der Waals surface area contributed by atoms with Crippen molar-refractivity contribution in [3.8, 4) is 0 Å². The molecule has 0 amide bonds. The van der Waals surface area contributed by atoms with E-state index in [-0.39, 0.29) is 6.04 Å². The Bertz CT molecular complexity index is 382. The summed E-state index contributed by atoms with van der Waals surface area (Å²) in [5, 5.41) is 6.45. The molecule has 0 saturated carbocycles. The average Bonchev–Trinajstić information content (AvgIpc) is 2.57. The Morgan fingerprint density at radius 3 is 2.83 bits per heavy atom. The van der Waals surface area contributed by atoms with E-state index in [1.165, 1.54) is 12.1 Å². The third kappa shape index (κ3) is 3.63. The average molecular weight is 258 g/mol. The molecule has 0 aromatic heterocycles. The molecule has 0 bridgehead atoms. The lowest BCUT2D eigenvalue weighted by Gasteiger charge is -2.18. The van der Waals surface area contributed by atoms with E-state index >= 15 is 0 Å². The lowest BCUT2D eigenvalue weighted by atomic mass is 10.1. The minimum Gasteiger partial charge on any atom is -0.381 e. The Morgan fingerprint density at radius 1 is 1.22 bits per heavy atom. The summed E-state index contributed by atoms with van der Waals surface area (Å²) < 4.78 is 37.7. The lowest BCUT2D eigenvalue weighted by Crippen LogP contribution is -2.30. The van der Waals surface area contributed by atoms with Gasteiger partial charge >= 0.3 is 6.18 Å². The van der Waals surface area contributed by atoms with Crippen LogP contribution >= 0.6 is 0 Å². The zero-order chi connectivity index (χ0) is 13.0. The Morgan fingerprint density at radius 2 is 2.06 bits per heavy atom. The summed E-state index contributed by atoms with van der Waals surface area (Å²) in [6.07, 6.45) is -1.06. The fourth-order valence-electron chi connectivity index (χ4n) is 2.16. The topological polar surface area (TPSA) is 24.1 Å². The minimum absolute atomic E-state index is 0.205. The van der Waals surface area contributed by atoms with Gasteiger partial charge < -0.3 is 10.6 Å². The third-order valence-electron chi connectivity index (χ3n) is 3.11. The molecular formula is C13H17F3N2. The second-order valence-electron chi connectivity index (χ2n) is 4.62. The van der Waals surface area contributed by atoms with E-state index in [4.69, 9.17) is 0 Å². The predicted octanol–water partition coefficient (Wildman–Crippen LogP) is 3.26. The maximum Gasteiger partial charge on any atom is 0.416 e. The van der Waals surface area contributed by atoms with Gasteiger partial charge in [0.1, 0.15) is 0 Å². The van der Waals surface area contributed by atoms with E-state index in [2.05, 4.69) is 10.6 Å². The predicted molar refractivity (Wildman–Crippen MR) is 65.6 cm³/mol. The summed E-state index contributed by atoms with van der Waals surface area (Å²) in [5.74, 6) is 0. The summed E-state index contributed by atoms with van der Waals surface area (Å²) >= 11 is 0. The number of alkyl halides is 3. The molecule has 1 aliphatic heterocycles. The van der Waals surface area contributed by atoms with Crippen LogP contribution in [-0.4, -0.2) is 19.1 Å². The molecule has 1 fully saturated rings. The quantitative estimate of drug-likeness (QED) is 0.850. The summed E-state index contributed by atoms with van der Waals surface area (Å²) in [7, 11) is 0. The molecule has 2 N–H and O–H groups in total. The van der Waals surface area contributed by atoms with Gasteiger partial charge in [-0.2, -0.15) is 13.2 Å². The molecule has 100 valence electrons. The van der Waals surface area contributed by atoms with Gasteiger partial charge in [0, 0.05) is 18.3 Å². The molecule has 1 aromatic rings. The number of nitrogens with one attached hydrogen (secondary N) is 2. The molecule has 18 heavy (non-hydrogen) atoms. The van der Waals surface area contributed by atoms with E-state index in [0.717, 1.165) is 38.4 Å². The molecule has 2 nitrogen and oxygen atoms in total. The molecule has 0 spiro atoms. The van der Waals surface area contributed by atoms with Crippen LogP contribution in [0, 0.1) is 0 Å². The van der Waals surface area contributed by atoms with Crippen LogP contribution < -0.4 is 10.6 Å². The number of benzene rings is 1. The van der Waals surface area contributed by atoms with Gasteiger partial charge in [0.05, 0.1) is 5.56 Å². The number of anilines is 1. The van der Waals surface area contributed by atoms with Gasteiger partial charge in [-0.05, 0) is 37.6 Å². The van der Waals surface area contributed by atoms with E-state index in [0.29, 0.717) is 5.69 Å². The van der Waals surface area contributed by atoms with Crippen LogP contribution in [0.5, 0.6) is 0 Å². The van der Waals surface area contributed by atoms with Gasteiger partial charge in [-0.1, -0.05) is 12.5 Å². The van der Waals surface area contributed by atoms with E-state index in [9.17, 15) is 13.2 Å². The molecule has 0 radical (unpaired) electrons. The van der Waals surface area contributed by atoms with E-state index in [1.807, 2.05) is 0 Å². The third-order valence-corrected chi connectivity index (χ3v) is 3.11. The van der Waals surface area contributed by atoms with Crippen LogP contribution in [0.1, 0.15) is 24.8 Å². The van der Waals surface area contributed by atoms with Crippen molar-refractivity contribution in [2.75, 3.05) is 18.4 Å². The first-order chi connectivity index (χ1) is 8.55. The molecule has 0 aliphatic carbocycles. The van der Waals surface area contributed by atoms with Gasteiger partial charge in [-0.15, -0.1) is 0 Å². The largest absolute Gasteiger partial charge is 0.416 e. The highest BCUT2D eigenvalue weighted by Gasteiger charge is 2.30. The van der Waals surface area contributed by atoms with Crippen molar-refractivity contribution >= 4 is 5.69 Å². The highest BCUT2D eigenvalue weighted by atomic mass is 19.4. The van der Waals surface area contributed by atoms with Gasteiger partial charge in [-0.3, -0.25) is 0 Å². The lowest BCUT2D eigenvalue weighted by molar-refractivity contribution is -0.137. The molecule has 5 heteroatoms. The molecule has 1 heterocycles. The second kappa shape index (κ2) is 5.61. The monoisotopic (exact) mass is 258 g/mol. The van der Waals surface area contributed by atoms with Gasteiger partial charge in [0.2, 0.25) is 0 Å². The van der Waals surface area contributed by atoms with Crippen molar-refractivity contribution in [3.63, 3.8) is 0 Å². The first-order valence-electron chi connectivity index (χ1n) is 6.20. The normalized spacial score (nSPS) is 21.4. The fraction of sp³-hybridized carbons (Fsp3) is 0.538. The van der Waals surface area contributed by atoms with Crippen molar-refractivity contribution in [1.82, 2.24) is 5.32 Å². The molecule has 1 atom stereocenters. The zero-order valence-corrected chi connectivity index (χ0v) is 10.1. The zero-order valence-electron chi connectivity index (χ0n) is 10.1. The van der Waals surface area contributed by atoms with Gasteiger partial charge in [0.15, 0.2) is 0 Å². The molecule has 1 unspecified atom stereocenters. The maximum absolute atomic E-state index is 12.6. The highest BCUT2D eigenvalue weighted by Crippen LogP contribution is 2.30. The number of halogens is 3. The molecule has 1 aromatic carbocycles. The van der Waals surface area contributed by atoms with Crippen molar-refractivity contribution in [2.45, 2.75) is 31.5 Å². The highest BCUT2D eigenvalue weighted by molar-refractivity contribution is 5.47. The van der Waals surface area contributed by atoms with Crippen LogP contribution in [0.15, 0.2) is 24.3 Å². The molecular weight excluding hydrogens is 241 g/mol. The number of hydrogen-bond donors (Lipinski definition) is 2. The Hall–Kier alpha value is -1.23. The second-order valence-corrected chi connectivity index (χ2v) is 4.62. The van der Waals surface area contributed by atoms with Crippen molar-refractivity contribution in [2.24, 2.45) is 0 Å². The first-order valence-corrected chi connectivity index (χ1v) is 6.20. The van der Waals surface area contributed by atoms with Crippen LogP contribution in [0.3, 0.4) is 0 Å². The molecule has 2 rings (SSSR count). The standard InChI is InChI=1S/C13H17F3N2/c14-13(15,16)10-4-3-6-11(8-10)18-12-5-1-2-7-17-9-12/h3-4,6,8,12,17-18H,1-2,5,7,9H2. The van der Waals surface area contributed by atoms with Crippen molar-refractivity contribution in [1.29, 1.82) is 0 Å².